The van der Waals surface area contributed by atoms with Gasteiger partial charge in [0.25, 0.3) is 0 Å². The summed E-state index contributed by atoms with van der Waals surface area (Å²) >= 11 is 0. The summed E-state index contributed by atoms with van der Waals surface area (Å²) in [5.41, 5.74) is 4.40. The zero-order valence-corrected chi connectivity index (χ0v) is 30.3. The number of anilines is 1. The first kappa shape index (κ1) is 35.9. The van der Waals surface area contributed by atoms with Crippen LogP contribution in [0.25, 0.3) is 21.9 Å². The number of Topliss-reactive ketones (excluding diaryl/α,β-unsaturated/α-hetero) is 2. The van der Waals surface area contributed by atoms with Crippen molar-refractivity contribution in [3.63, 3.8) is 0 Å². The molecule has 12 heteroatoms. The van der Waals surface area contributed by atoms with Crippen molar-refractivity contribution in [2.45, 2.75) is 88.8 Å². The lowest BCUT2D eigenvalue weighted by Gasteiger charge is -2.42. The number of ketones is 2. The van der Waals surface area contributed by atoms with Crippen molar-refractivity contribution in [1.29, 1.82) is 5.26 Å². The molecule has 0 radical (unpaired) electrons. The van der Waals surface area contributed by atoms with Crippen molar-refractivity contribution in [3.05, 3.63) is 64.3 Å². The first-order valence-electron chi connectivity index (χ1n) is 19.0. The molecule has 7 rings (SSSR count). The summed E-state index contributed by atoms with van der Waals surface area (Å²) in [4.78, 5) is 51.9. The van der Waals surface area contributed by atoms with E-state index >= 15 is 0 Å². The Kier molecular flexibility index (Phi) is 11.4. The quantitative estimate of drug-likeness (QED) is 0.155. The monoisotopic (exact) mass is 706 g/mol. The van der Waals surface area contributed by atoms with Crippen molar-refractivity contribution in [2.24, 2.45) is 7.05 Å². The average Bonchev–Trinajstić information content (AvgIpc) is 3.41. The summed E-state index contributed by atoms with van der Waals surface area (Å²) in [6.07, 6.45) is 9.92. The molecule has 2 aromatic carbocycles. The lowest BCUT2D eigenvalue weighted by Crippen LogP contribution is -2.51. The van der Waals surface area contributed by atoms with Gasteiger partial charge in [0.2, 0.25) is 0 Å². The first-order valence-corrected chi connectivity index (χ1v) is 19.0. The van der Waals surface area contributed by atoms with E-state index in [-0.39, 0.29) is 23.7 Å². The molecule has 12 nitrogen and oxygen atoms in total. The highest BCUT2D eigenvalue weighted by molar-refractivity contribution is 6.03. The Balaban J connectivity index is 0.796. The van der Waals surface area contributed by atoms with Gasteiger partial charge >= 0.3 is 5.69 Å². The van der Waals surface area contributed by atoms with Gasteiger partial charge < -0.3 is 15.0 Å². The van der Waals surface area contributed by atoms with Crippen LogP contribution in [0.2, 0.25) is 0 Å². The number of fused-ring (bicyclic) bond motifs is 2. The summed E-state index contributed by atoms with van der Waals surface area (Å²) in [5.74, 6) is 0.665. The Morgan fingerprint density at radius 2 is 1.77 bits per heavy atom. The molecule has 3 fully saturated rings. The number of ether oxygens (including phenoxy) is 1. The van der Waals surface area contributed by atoms with Gasteiger partial charge in [0.05, 0.1) is 41.5 Å². The maximum absolute atomic E-state index is 13.2. The van der Waals surface area contributed by atoms with Crippen LogP contribution in [0.4, 0.5) is 5.82 Å². The maximum Gasteiger partial charge on any atom is 0.329 e. The zero-order chi connectivity index (χ0) is 36.0. The third-order valence-corrected chi connectivity index (χ3v) is 11.4. The largest absolute Gasteiger partial charge is 0.381 e. The first-order chi connectivity index (χ1) is 25.4. The Hall–Kier alpha value is -4.44. The second kappa shape index (κ2) is 16.5. The minimum atomic E-state index is -0.566. The van der Waals surface area contributed by atoms with Gasteiger partial charge in [-0.15, -0.1) is 0 Å². The molecule has 2 saturated carbocycles. The van der Waals surface area contributed by atoms with E-state index in [0.29, 0.717) is 38.0 Å². The van der Waals surface area contributed by atoms with Crippen LogP contribution in [-0.2, 0) is 34.2 Å². The van der Waals surface area contributed by atoms with Gasteiger partial charge in [-0.2, -0.15) is 5.26 Å². The van der Waals surface area contributed by atoms with E-state index in [9.17, 15) is 14.4 Å². The lowest BCUT2D eigenvalue weighted by molar-refractivity contribution is -0.132. The van der Waals surface area contributed by atoms with Gasteiger partial charge in [-0.05, 0) is 80.7 Å². The second-order valence-corrected chi connectivity index (χ2v) is 14.7. The number of nitrogens with one attached hydrogen (secondary N) is 1. The number of para-hydroxylation sites is 1. The van der Waals surface area contributed by atoms with E-state index in [4.69, 9.17) is 10.00 Å². The summed E-state index contributed by atoms with van der Waals surface area (Å²) in [6, 6.07) is 14.6. The van der Waals surface area contributed by atoms with E-state index in [1.807, 2.05) is 30.3 Å². The third-order valence-electron chi connectivity index (χ3n) is 11.4. The molecule has 0 spiro atoms. The van der Waals surface area contributed by atoms with Gasteiger partial charge in [-0.25, -0.2) is 14.8 Å². The van der Waals surface area contributed by atoms with Gasteiger partial charge in [-0.3, -0.25) is 23.6 Å². The Morgan fingerprint density at radius 1 is 0.962 bits per heavy atom. The highest BCUT2D eigenvalue weighted by Gasteiger charge is 2.32. The molecule has 1 atom stereocenters. The molecule has 0 bridgehead atoms. The van der Waals surface area contributed by atoms with Crippen LogP contribution in [0.1, 0.15) is 75.0 Å². The SMILES string of the molecule is Cn1c(=O)n(C2CCC(=O)CC2=O)c2cccc(CCCOCCCN3CCN(C4CCC(Nc5ncnc6ccc(CC#N)cc56)CC4)CC3)c21. The van der Waals surface area contributed by atoms with Crippen LogP contribution in [0.3, 0.4) is 0 Å². The highest BCUT2D eigenvalue weighted by Crippen LogP contribution is 2.30. The number of hydrogen-bond donors (Lipinski definition) is 1. The molecule has 4 aromatic rings. The fourth-order valence-corrected chi connectivity index (χ4v) is 8.56. The average molecular weight is 707 g/mol. The van der Waals surface area contributed by atoms with E-state index in [1.54, 1.807) is 22.5 Å². The van der Waals surface area contributed by atoms with E-state index in [1.165, 1.54) is 12.8 Å². The summed E-state index contributed by atoms with van der Waals surface area (Å²) in [7, 11) is 1.77. The van der Waals surface area contributed by atoms with E-state index in [2.05, 4.69) is 37.2 Å². The standard InChI is InChI=1S/C40H50N8O4/c1-45-38-29(5-2-7-36(38)48(40(45)51)35-15-13-32(49)26-37(35)50)6-3-23-52-24-4-18-46-19-21-47(22-20-46)31-11-9-30(10-12-31)44-39-33-25-28(16-17-41)8-14-34(33)42-27-43-39/h2,5,7-8,14,25,27,30-31,35H,3-4,6,9-13,15-16,18-24,26H2,1H3,(H,42,43,44). The fraction of sp³-hybridized carbons (Fsp3) is 0.550. The predicted octanol–water partition coefficient (Wildman–Crippen LogP) is 4.59. The number of carbonyl (C=O) groups is 2. The summed E-state index contributed by atoms with van der Waals surface area (Å²) < 4.78 is 9.28. The molecule has 1 aliphatic heterocycles. The third kappa shape index (κ3) is 7.97. The van der Waals surface area contributed by atoms with Crippen molar-refractivity contribution in [2.75, 3.05) is 51.3 Å². The maximum atomic E-state index is 13.2. The van der Waals surface area contributed by atoms with Gasteiger partial charge in [-0.1, -0.05) is 18.2 Å². The lowest BCUT2D eigenvalue weighted by atomic mass is 9.89. The molecule has 2 aliphatic carbocycles. The minimum absolute atomic E-state index is 0.0419. The number of carbonyl (C=O) groups excluding carboxylic acids is 2. The number of aryl methyl sites for hydroxylation is 2. The molecule has 3 aliphatic rings. The van der Waals surface area contributed by atoms with Crippen LogP contribution in [0.5, 0.6) is 0 Å². The second-order valence-electron chi connectivity index (χ2n) is 14.7. The number of piperazine rings is 1. The summed E-state index contributed by atoms with van der Waals surface area (Å²) in [6.45, 7) is 6.88. The Bertz CT molecular complexity index is 2000. The molecule has 1 N–H and O–H groups in total. The van der Waals surface area contributed by atoms with Crippen LogP contribution in [0.15, 0.2) is 47.5 Å². The number of rotatable bonds is 13. The van der Waals surface area contributed by atoms with E-state index in [0.717, 1.165) is 110 Å². The highest BCUT2D eigenvalue weighted by atomic mass is 16.5. The molecule has 2 aromatic heterocycles. The Morgan fingerprint density at radius 3 is 2.56 bits per heavy atom. The van der Waals surface area contributed by atoms with Gasteiger partial charge in [0.1, 0.15) is 17.9 Å². The number of hydrogen-bond acceptors (Lipinski definition) is 10. The molecular weight excluding hydrogens is 656 g/mol. The molecule has 1 saturated heterocycles. The smallest absolute Gasteiger partial charge is 0.329 e. The van der Waals surface area contributed by atoms with E-state index < -0.39 is 6.04 Å². The topological polar surface area (TPSA) is 138 Å². The van der Waals surface area contributed by atoms with Crippen molar-refractivity contribution < 1.29 is 14.3 Å². The normalized spacial score (nSPS) is 21.9. The number of nitriles is 1. The molecular formula is C40H50N8O4. The van der Waals surface area contributed by atoms with Crippen molar-refractivity contribution in [3.8, 4) is 6.07 Å². The number of benzene rings is 2. The van der Waals surface area contributed by atoms with Crippen molar-refractivity contribution in [1.82, 2.24) is 28.9 Å². The molecule has 3 heterocycles. The van der Waals surface area contributed by atoms with Crippen LogP contribution in [0, 0.1) is 11.3 Å². The number of nitrogens with zero attached hydrogens (tertiary/aromatic N) is 7. The minimum Gasteiger partial charge on any atom is -0.381 e. The molecule has 52 heavy (non-hydrogen) atoms. The fourth-order valence-electron chi connectivity index (χ4n) is 8.56. The van der Waals surface area contributed by atoms with Gasteiger partial charge in [0.15, 0.2) is 5.78 Å². The Labute approximate surface area is 304 Å². The van der Waals surface area contributed by atoms with Crippen LogP contribution in [-0.4, -0.2) is 98.5 Å². The number of aromatic nitrogens is 4. The predicted molar refractivity (Wildman–Crippen MR) is 200 cm³/mol. The molecule has 1 unspecified atom stereocenters. The van der Waals surface area contributed by atoms with Crippen LogP contribution < -0.4 is 11.0 Å². The van der Waals surface area contributed by atoms with Crippen LogP contribution >= 0.6 is 0 Å². The zero-order valence-electron chi connectivity index (χ0n) is 30.3. The molecule has 274 valence electrons. The molecule has 0 amide bonds. The number of imidazole rings is 1. The summed E-state index contributed by atoms with van der Waals surface area (Å²) in [5, 5.41) is 13.8. The van der Waals surface area contributed by atoms with Crippen molar-refractivity contribution >= 4 is 39.3 Å². The van der Waals surface area contributed by atoms with Gasteiger partial charge in [0, 0.05) is 76.9 Å².